The maximum absolute atomic E-state index is 10.2. The van der Waals surface area contributed by atoms with E-state index in [1.54, 1.807) is 0 Å². The van der Waals surface area contributed by atoms with E-state index in [9.17, 15) is 4.79 Å². The molecule has 0 atom stereocenters. The number of halogens is 1. The molecule has 0 aliphatic heterocycles. The topological polar surface area (TPSA) is 26.3 Å². The van der Waals surface area contributed by atoms with Crippen molar-refractivity contribution in [3.8, 4) is 0 Å². The second kappa shape index (κ2) is 7.57. The molecule has 0 aromatic rings. The maximum atomic E-state index is 10.2. The molecule has 0 aliphatic carbocycles. The van der Waals surface area contributed by atoms with E-state index in [-0.39, 0.29) is 23.0 Å². The van der Waals surface area contributed by atoms with Gasteiger partial charge in [0.25, 0.3) is 0 Å². The molecule has 0 saturated heterocycles. The molecule has 0 aromatic heterocycles. The fourth-order valence-electron chi connectivity index (χ4n) is 0.246. The summed E-state index contributed by atoms with van der Waals surface area (Å²) in [5, 5.41) is 0.993. The van der Waals surface area contributed by atoms with Gasteiger partial charge >= 0.3 is 52.3 Å². The van der Waals surface area contributed by atoms with E-state index in [1.165, 1.54) is 25.4 Å². The van der Waals surface area contributed by atoms with Crippen LogP contribution in [-0.2, 0) is 27.8 Å². The van der Waals surface area contributed by atoms with Gasteiger partial charge in [0.05, 0.1) is 0 Å². The quantitative estimate of drug-likeness (QED) is 0.389. The number of carbonyl (C=O) groups excluding carboxylic acids is 1. The second-order valence-corrected chi connectivity index (χ2v) is 2.66. The Morgan fingerprint density at radius 2 is 2.25 bits per heavy atom. The average Bonchev–Trinajstić information content (AvgIpc) is 1.68. The molecule has 0 spiro atoms. The largest absolute Gasteiger partial charge is 1.00 e. The van der Waals surface area contributed by atoms with Crippen LogP contribution in [0.3, 0.4) is 0 Å². The average molecular weight is 232 g/mol. The molecule has 0 radical (unpaired) electrons. The van der Waals surface area contributed by atoms with Gasteiger partial charge < -0.3 is 17.0 Å². The minimum atomic E-state index is -0.0914. The Balaban J connectivity index is 0. The predicted molar refractivity (Wildman–Crippen MR) is 21.4 cm³/mol. The van der Waals surface area contributed by atoms with Crippen LogP contribution >= 0.6 is 0 Å². The van der Waals surface area contributed by atoms with Crippen LogP contribution in [0.25, 0.3) is 0 Å². The second-order valence-electron chi connectivity index (χ2n) is 1.18. The first-order chi connectivity index (χ1) is 3.31. The summed E-state index contributed by atoms with van der Waals surface area (Å²) in [4.78, 5) is 10.2. The number of hydrogen-bond acceptors (Lipinski definition) is 2. The van der Waals surface area contributed by atoms with Crippen molar-refractivity contribution in [2.45, 2.75) is 11.4 Å². The molecule has 0 amide bonds. The molecule has 44 valence electrons. The van der Waals surface area contributed by atoms with Gasteiger partial charge in [0.2, 0.25) is 0 Å². The SMILES string of the molecule is COC(=O)C[CH2][Zn+].[Br-]. The molecule has 0 saturated carbocycles. The van der Waals surface area contributed by atoms with Crippen molar-refractivity contribution in [3.05, 3.63) is 0 Å². The molecule has 0 unspecified atom stereocenters. The number of carbonyl (C=O) groups is 1. The summed E-state index contributed by atoms with van der Waals surface area (Å²) in [6.07, 6.45) is 0.594. The smallest absolute Gasteiger partial charge is 1.00 e. The van der Waals surface area contributed by atoms with E-state index in [0.717, 1.165) is 5.02 Å². The zero-order valence-corrected chi connectivity index (χ0v) is 9.37. The molecule has 2 nitrogen and oxygen atoms in total. The van der Waals surface area contributed by atoms with Crippen molar-refractivity contribution < 1.29 is 44.8 Å². The first-order valence-corrected chi connectivity index (χ1v) is 4.27. The first kappa shape index (κ1) is 11.4. The molecule has 0 rings (SSSR count). The van der Waals surface area contributed by atoms with Crippen molar-refractivity contribution in [2.75, 3.05) is 7.11 Å². The third-order valence-corrected chi connectivity index (χ3v) is 1.35. The van der Waals surface area contributed by atoms with Crippen LogP contribution in [0.2, 0.25) is 5.02 Å². The van der Waals surface area contributed by atoms with Crippen molar-refractivity contribution in [3.63, 3.8) is 0 Å². The molecule has 0 aromatic carbocycles. The minimum absolute atomic E-state index is 0. The zero-order chi connectivity index (χ0) is 5.70. The van der Waals surface area contributed by atoms with Gasteiger partial charge in [0.1, 0.15) is 0 Å². The van der Waals surface area contributed by atoms with E-state index in [0.29, 0.717) is 6.42 Å². The normalized spacial score (nSPS) is 7.38. The Morgan fingerprint density at radius 3 is 2.38 bits per heavy atom. The molecule has 0 aliphatic rings. The van der Waals surface area contributed by atoms with Crippen LogP contribution in [0.5, 0.6) is 0 Å². The Morgan fingerprint density at radius 1 is 1.75 bits per heavy atom. The standard InChI is InChI=1S/C4H7O2.BrH.Zn/c1-3-4(5)6-2;;/h1,3H2,2H3;1H;/q;;+1/p-1. The van der Waals surface area contributed by atoms with Crippen molar-refractivity contribution in [2.24, 2.45) is 0 Å². The Hall–Kier alpha value is 0.573. The van der Waals surface area contributed by atoms with Crippen LogP contribution in [-0.4, -0.2) is 13.1 Å². The van der Waals surface area contributed by atoms with Gasteiger partial charge in [0, 0.05) is 0 Å². The number of esters is 1. The first-order valence-electron chi connectivity index (χ1n) is 2.17. The summed E-state index contributed by atoms with van der Waals surface area (Å²) in [5.74, 6) is -0.0914. The van der Waals surface area contributed by atoms with E-state index < -0.39 is 0 Å². The van der Waals surface area contributed by atoms with Gasteiger partial charge in [-0.3, -0.25) is 0 Å². The number of ether oxygens (including phenoxy) is 1. The van der Waals surface area contributed by atoms with Crippen LogP contribution in [0.4, 0.5) is 0 Å². The number of rotatable bonds is 2. The summed E-state index contributed by atoms with van der Waals surface area (Å²) < 4.78 is 4.37. The minimum Gasteiger partial charge on any atom is -1.00 e. The fourth-order valence-corrected chi connectivity index (χ4v) is 0.852. The summed E-state index contributed by atoms with van der Waals surface area (Å²) >= 11 is 1.18. The van der Waals surface area contributed by atoms with Crippen LogP contribution in [0.1, 0.15) is 6.42 Å². The van der Waals surface area contributed by atoms with Gasteiger partial charge in [-0.15, -0.1) is 0 Å². The molecular weight excluding hydrogens is 225 g/mol. The fraction of sp³-hybridized carbons (Fsp3) is 0.750. The number of methoxy groups -OCH3 is 1. The summed E-state index contributed by atoms with van der Waals surface area (Å²) in [6.45, 7) is 0. The summed E-state index contributed by atoms with van der Waals surface area (Å²) in [6, 6.07) is 0. The molecule has 4 heteroatoms. The molecule has 0 bridgehead atoms. The van der Waals surface area contributed by atoms with E-state index in [2.05, 4.69) is 4.74 Å². The van der Waals surface area contributed by atoms with Gasteiger partial charge in [-0.2, -0.15) is 0 Å². The molecule has 0 fully saturated rings. The monoisotopic (exact) mass is 230 g/mol. The van der Waals surface area contributed by atoms with Crippen LogP contribution in [0.15, 0.2) is 0 Å². The molecular formula is C4H7BrO2Zn. The van der Waals surface area contributed by atoms with Gasteiger partial charge in [-0.05, 0) is 0 Å². The summed E-state index contributed by atoms with van der Waals surface area (Å²) in [5.41, 5.74) is 0. The molecule has 0 N–H and O–H groups in total. The zero-order valence-electron chi connectivity index (χ0n) is 4.82. The van der Waals surface area contributed by atoms with Crippen molar-refractivity contribution in [1.82, 2.24) is 0 Å². The Kier molecular flexibility index (Phi) is 10.8. The number of hydrogen-bond donors (Lipinski definition) is 0. The molecule has 8 heavy (non-hydrogen) atoms. The Labute approximate surface area is 69.4 Å². The third-order valence-electron chi connectivity index (χ3n) is 0.609. The van der Waals surface area contributed by atoms with Gasteiger partial charge in [-0.25, -0.2) is 0 Å². The summed E-state index contributed by atoms with van der Waals surface area (Å²) in [7, 11) is 1.41. The van der Waals surface area contributed by atoms with E-state index >= 15 is 0 Å². The van der Waals surface area contributed by atoms with Gasteiger partial charge in [-0.1, -0.05) is 0 Å². The van der Waals surface area contributed by atoms with E-state index in [4.69, 9.17) is 0 Å². The Bertz CT molecular complexity index is 67.1. The van der Waals surface area contributed by atoms with E-state index in [1.807, 2.05) is 0 Å². The van der Waals surface area contributed by atoms with Crippen LogP contribution in [0, 0.1) is 0 Å². The van der Waals surface area contributed by atoms with Crippen LogP contribution < -0.4 is 17.0 Å². The van der Waals surface area contributed by atoms with Crippen molar-refractivity contribution >= 4 is 5.97 Å². The molecule has 0 heterocycles. The maximum Gasteiger partial charge on any atom is -1.00 e. The third kappa shape index (κ3) is 6.57. The van der Waals surface area contributed by atoms with Gasteiger partial charge in [0.15, 0.2) is 0 Å². The van der Waals surface area contributed by atoms with Crippen molar-refractivity contribution in [1.29, 1.82) is 0 Å². The predicted octanol–water partition coefficient (Wildman–Crippen LogP) is -2.48.